The number of piperidine rings is 1. The first kappa shape index (κ1) is 22.0. The summed E-state index contributed by atoms with van der Waals surface area (Å²) in [6.45, 7) is 1.15. The summed E-state index contributed by atoms with van der Waals surface area (Å²) in [5, 5.41) is 13.6. The molecule has 1 unspecified atom stereocenters. The van der Waals surface area contributed by atoms with E-state index in [0.717, 1.165) is 36.1 Å². The van der Waals surface area contributed by atoms with Gasteiger partial charge in [0.25, 0.3) is 0 Å². The van der Waals surface area contributed by atoms with E-state index >= 15 is 0 Å². The van der Waals surface area contributed by atoms with Crippen LogP contribution in [-0.2, 0) is 4.74 Å². The Labute approximate surface area is 188 Å². The number of fused-ring (bicyclic) bond motifs is 3. The number of methoxy groups -OCH3 is 1. The Morgan fingerprint density at radius 1 is 1.38 bits per heavy atom. The van der Waals surface area contributed by atoms with Crippen molar-refractivity contribution in [2.75, 3.05) is 25.6 Å². The van der Waals surface area contributed by atoms with E-state index < -0.39 is 0 Å². The van der Waals surface area contributed by atoms with Gasteiger partial charge < -0.3 is 21.5 Å². The molecule has 2 bridgehead atoms. The van der Waals surface area contributed by atoms with E-state index in [0.29, 0.717) is 36.1 Å². The van der Waals surface area contributed by atoms with Gasteiger partial charge >= 0.3 is 0 Å². The summed E-state index contributed by atoms with van der Waals surface area (Å²) in [5.41, 5.74) is 13.2. The highest BCUT2D eigenvalue weighted by Crippen LogP contribution is 2.37. The van der Waals surface area contributed by atoms with Crippen molar-refractivity contribution in [2.24, 2.45) is 16.5 Å². The van der Waals surface area contributed by atoms with Gasteiger partial charge in [0.2, 0.25) is 0 Å². The number of amidine groups is 1. The third kappa shape index (κ3) is 4.98. The maximum atomic E-state index is 8.96. The van der Waals surface area contributed by atoms with E-state index in [4.69, 9.17) is 26.5 Å². The zero-order chi connectivity index (χ0) is 22.5. The van der Waals surface area contributed by atoms with Crippen LogP contribution >= 0.6 is 0 Å². The van der Waals surface area contributed by atoms with Gasteiger partial charge in [0.1, 0.15) is 11.7 Å². The average molecular weight is 435 g/mol. The summed E-state index contributed by atoms with van der Waals surface area (Å²) < 4.78 is 5.01. The number of nitrogens with two attached hydrogens (primary N) is 2. The minimum absolute atomic E-state index is 0.261. The number of ether oxygens (including phenoxy) is 1. The zero-order valence-electron chi connectivity index (χ0n) is 18.4. The summed E-state index contributed by atoms with van der Waals surface area (Å²) in [4.78, 5) is 16.2. The molecule has 0 saturated carbocycles. The largest absolute Gasteiger partial charge is 0.400 e. The maximum Gasteiger partial charge on any atom is 0.158 e. The number of nitrogens with zero attached hydrogens (tertiary/aromatic N) is 5. The minimum Gasteiger partial charge on any atom is -0.400 e. The van der Waals surface area contributed by atoms with Gasteiger partial charge in [-0.3, -0.25) is 9.88 Å². The van der Waals surface area contributed by atoms with Gasteiger partial charge in [-0.05, 0) is 37.8 Å². The van der Waals surface area contributed by atoms with E-state index in [1.165, 1.54) is 12.8 Å². The number of rotatable bonds is 8. The zero-order valence-corrected chi connectivity index (χ0v) is 18.4. The summed E-state index contributed by atoms with van der Waals surface area (Å²) in [6, 6.07) is 9.39. The molecule has 168 valence electrons. The fourth-order valence-corrected chi connectivity index (χ4v) is 4.92. The number of aliphatic imine (C=N–C) groups is 1. The van der Waals surface area contributed by atoms with Gasteiger partial charge in [0.05, 0.1) is 18.2 Å². The van der Waals surface area contributed by atoms with Gasteiger partial charge in [0, 0.05) is 67.6 Å². The van der Waals surface area contributed by atoms with Crippen LogP contribution in [0.15, 0.2) is 41.2 Å². The highest BCUT2D eigenvalue weighted by Gasteiger charge is 2.40. The summed E-state index contributed by atoms with van der Waals surface area (Å²) in [6.07, 6.45) is 8.39. The van der Waals surface area contributed by atoms with E-state index in [9.17, 15) is 0 Å². The fourth-order valence-electron chi connectivity index (χ4n) is 4.92. The highest BCUT2D eigenvalue weighted by molar-refractivity contribution is 5.95. The van der Waals surface area contributed by atoms with Crippen molar-refractivity contribution < 1.29 is 4.74 Å². The molecule has 4 rings (SSSR count). The molecule has 2 fully saturated rings. The summed E-state index contributed by atoms with van der Waals surface area (Å²) in [7, 11) is 1.57. The number of anilines is 1. The third-order valence-electron chi connectivity index (χ3n) is 6.18. The molecule has 0 aliphatic carbocycles. The van der Waals surface area contributed by atoms with Crippen LogP contribution in [0.3, 0.4) is 0 Å². The number of hydrogen-bond acceptors (Lipinski definition) is 8. The lowest BCUT2D eigenvalue weighted by molar-refractivity contribution is 0.136. The molecule has 0 aromatic carbocycles. The number of aromatic nitrogens is 2. The molecule has 5 N–H and O–H groups in total. The second-order valence-corrected chi connectivity index (χ2v) is 8.43. The lowest BCUT2D eigenvalue weighted by atomic mass is 9.97. The van der Waals surface area contributed by atoms with Gasteiger partial charge in [-0.15, -0.1) is 0 Å². The standard InChI is InChI=1S/C23H30N8O/c1-32-14-15(25)10-21(26)29-22-13-20-19(4-2-8-27-20)23(30-22)28-16-11-17-5-6-18(12-16)31(17)9-3-7-24/h2,4,8,10,13,16-18H,3,5-6,9,11-12,14,25H2,1H3,(H3,26,28,29,30)/b15-10-/t16?,17-,18+. The molecule has 9 heteroatoms. The predicted molar refractivity (Wildman–Crippen MR) is 125 cm³/mol. The molecule has 9 nitrogen and oxygen atoms in total. The molecule has 2 aliphatic rings. The second kappa shape index (κ2) is 9.94. The SMILES string of the molecule is COC/C(N)=C/C(N)=Nc1cc2ncccc2c(NC2C[C@H]3CC[C@@H](C2)N3CCC#N)n1. The molecule has 0 spiro atoms. The average Bonchev–Trinajstić information content (AvgIpc) is 3.00. The molecule has 4 heterocycles. The van der Waals surface area contributed by atoms with Crippen molar-refractivity contribution in [2.45, 2.75) is 50.2 Å². The monoisotopic (exact) mass is 434 g/mol. The second-order valence-electron chi connectivity index (χ2n) is 8.43. The van der Waals surface area contributed by atoms with Gasteiger partial charge in [0.15, 0.2) is 5.82 Å². The predicted octanol–water partition coefficient (Wildman–Crippen LogP) is 2.43. The minimum atomic E-state index is 0.261. The summed E-state index contributed by atoms with van der Waals surface area (Å²) >= 11 is 0. The molecule has 2 aliphatic heterocycles. The molecule has 2 saturated heterocycles. The first-order chi connectivity index (χ1) is 15.6. The lowest BCUT2D eigenvalue weighted by Gasteiger charge is -2.39. The Morgan fingerprint density at radius 2 is 2.16 bits per heavy atom. The molecular formula is C23H30N8O. The highest BCUT2D eigenvalue weighted by atomic mass is 16.5. The molecule has 0 radical (unpaired) electrons. The van der Waals surface area contributed by atoms with Crippen LogP contribution in [0.25, 0.3) is 10.9 Å². The molecule has 3 atom stereocenters. The Morgan fingerprint density at radius 3 is 2.88 bits per heavy atom. The van der Waals surface area contributed by atoms with Crippen molar-refractivity contribution in [3.63, 3.8) is 0 Å². The van der Waals surface area contributed by atoms with Crippen molar-refractivity contribution >= 4 is 28.4 Å². The van der Waals surface area contributed by atoms with Crippen molar-refractivity contribution in [3.8, 4) is 6.07 Å². The smallest absolute Gasteiger partial charge is 0.158 e. The van der Waals surface area contributed by atoms with Crippen LogP contribution in [0.2, 0.25) is 0 Å². The topological polar surface area (TPSA) is 138 Å². The summed E-state index contributed by atoms with van der Waals surface area (Å²) in [5.74, 6) is 1.51. The Kier molecular flexibility index (Phi) is 6.83. The van der Waals surface area contributed by atoms with Crippen molar-refractivity contribution in [3.05, 3.63) is 36.2 Å². The van der Waals surface area contributed by atoms with Crippen LogP contribution in [0.4, 0.5) is 11.6 Å². The van der Waals surface area contributed by atoms with Crippen LogP contribution in [0.5, 0.6) is 0 Å². The number of nitrogens with one attached hydrogen (secondary N) is 1. The molecular weight excluding hydrogens is 404 g/mol. The maximum absolute atomic E-state index is 8.96. The van der Waals surface area contributed by atoms with Crippen molar-refractivity contribution in [1.29, 1.82) is 5.26 Å². The van der Waals surface area contributed by atoms with E-state index in [2.05, 4.69) is 26.3 Å². The normalized spacial score (nSPS) is 23.9. The van der Waals surface area contributed by atoms with Crippen LogP contribution in [0.1, 0.15) is 32.1 Å². The van der Waals surface area contributed by atoms with Crippen LogP contribution < -0.4 is 16.8 Å². The number of nitriles is 1. The Hall–Kier alpha value is -3.22. The molecule has 2 aromatic heterocycles. The first-order valence-corrected chi connectivity index (χ1v) is 11.0. The van der Waals surface area contributed by atoms with Gasteiger partial charge in [-0.25, -0.2) is 9.98 Å². The molecule has 0 amide bonds. The third-order valence-corrected chi connectivity index (χ3v) is 6.18. The quantitative estimate of drug-likeness (QED) is 0.425. The van der Waals surface area contributed by atoms with Crippen molar-refractivity contribution in [1.82, 2.24) is 14.9 Å². The Balaban J connectivity index is 1.56. The van der Waals surface area contributed by atoms with E-state index in [-0.39, 0.29) is 12.4 Å². The molecule has 32 heavy (non-hydrogen) atoms. The van der Waals surface area contributed by atoms with Crippen LogP contribution in [-0.4, -0.2) is 59.1 Å². The van der Waals surface area contributed by atoms with Crippen LogP contribution in [0, 0.1) is 11.3 Å². The van der Waals surface area contributed by atoms with Gasteiger partial charge in [-0.2, -0.15) is 5.26 Å². The van der Waals surface area contributed by atoms with E-state index in [1.54, 1.807) is 19.4 Å². The fraction of sp³-hybridized carbons (Fsp3) is 0.478. The lowest BCUT2D eigenvalue weighted by Crippen LogP contribution is -2.47. The number of hydrogen-bond donors (Lipinski definition) is 3. The molecule has 2 aromatic rings. The Bertz CT molecular complexity index is 1050. The first-order valence-electron chi connectivity index (χ1n) is 11.0. The van der Waals surface area contributed by atoms with E-state index in [1.807, 2.05) is 18.2 Å². The number of pyridine rings is 2. The van der Waals surface area contributed by atoms with Gasteiger partial charge in [-0.1, -0.05) is 0 Å².